The number of esters is 1. The summed E-state index contributed by atoms with van der Waals surface area (Å²) in [5.41, 5.74) is -0.530. The number of piperidine rings is 1. The lowest BCUT2D eigenvalue weighted by atomic mass is 9.98. The first-order valence-corrected chi connectivity index (χ1v) is 9.50. The highest BCUT2D eigenvalue weighted by Gasteiger charge is 2.29. The van der Waals surface area contributed by atoms with E-state index in [9.17, 15) is 4.79 Å². The summed E-state index contributed by atoms with van der Waals surface area (Å²) in [6, 6.07) is 1.85. The molecule has 0 radical (unpaired) electrons. The fraction of sp³-hybridized carbons (Fsp3) is 0.368. The van der Waals surface area contributed by atoms with Crippen molar-refractivity contribution in [3.63, 3.8) is 0 Å². The predicted octanol–water partition coefficient (Wildman–Crippen LogP) is 3.75. The molecular weight excluding hydrogens is 404 g/mol. The second-order valence-corrected chi connectivity index (χ2v) is 7.41. The Labute approximate surface area is 170 Å². The highest BCUT2D eigenvalue weighted by molar-refractivity contribution is 6.33. The Morgan fingerprint density at radius 1 is 1.21 bits per heavy atom. The minimum atomic E-state index is -0.944. The van der Waals surface area contributed by atoms with Gasteiger partial charge in [0.15, 0.2) is 0 Å². The van der Waals surface area contributed by atoms with Gasteiger partial charge in [-0.2, -0.15) is 19.6 Å². The van der Waals surface area contributed by atoms with E-state index in [0.717, 1.165) is 32.1 Å². The number of benzene rings is 1. The maximum absolute atomic E-state index is 15.0. The van der Waals surface area contributed by atoms with Gasteiger partial charge in [-0.25, -0.2) is 13.6 Å². The molecule has 0 atom stereocenters. The molecule has 0 unspecified atom stereocenters. The van der Waals surface area contributed by atoms with Crippen LogP contribution in [0.2, 0.25) is 5.15 Å². The number of methoxy groups -OCH3 is 1. The molecule has 152 valence electrons. The fourth-order valence-corrected chi connectivity index (χ4v) is 3.83. The number of hydrogen-bond donors (Lipinski definition) is 0. The Morgan fingerprint density at radius 3 is 2.48 bits per heavy atom. The summed E-state index contributed by atoms with van der Waals surface area (Å²) < 4.78 is 36.0. The first-order chi connectivity index (χ1) is 13.9. The van der Waals surface area contributed by atoms with E-state index in [-0.39, 0.29) is 27.6 Å². The number of aromatic nitrogens is 4. The number of carbonyl (C=O) groups is 1. The lowest BCUT2D eigenvalue weighted by molar-refractivity contribution is 0.0599. The lowest BCUT2D eigenvalue weighted by Crippen LogP contribution is -2.35. The third kappa shape index (κ3) is 3.39. The number of fused-ring (bicyclic) bond motifs is 1. The van der Waals surface area contributed by atoms with Crippen LogP contribution < -0.4 is 4.90 Å². The van der Waals surface area contributed by atoms with Crippen LogP contribution in [0.5, 0.6) is 0 Å². The summed E-state index contributed by atoms with van der Waals surface area (Å²) in [5, 5.41) is 4.09. The first-order valence-electron chi connectivity index (χ1n) is 9.12. The number of anilines is 1. The highest BCUT2D eigenvalue weighted by Crippen LogP contribution is 2.40. The molecule has 1 aliphatic heterocycles. The van der Waals surface area contributed by atoms with Gasteiger partial charge in [0.2, 0.25) is 0 Å². The smallest absolute Gasteiger partial charge is 0.338 e. The Balaban J connectivity index is 1.96. The third-order valence-electron chi connectivity index (χ3n) is 5.15. The molecule has 0 saturated carbocycles. The van der Waals surface area contributed by atoms with Gasteiger partial charge in [-0.3, -0.25) is 0 Å². The SMILES string of the molecule is COC(=O)c1cc(F)c(-c2c(Cl)nc3ncnn3c2N2CCC(C)CC2)c(F)c1. The van der Waals surface area contributed by atoms with Crippen LogP contribution in [0.3, 0.4) is 0 Å². The Hall–Kier alpha value is -2.81. The van der Waals surface area contributed by atoms with Gasteiger partial charge in [0.05, 0.1) is 23.8 Å². The minimum absolute atomic E-state index is 0.0747. The molecule has 0 aliphatic carbocycles. The Bertz CT molecular complexity index is 1070. The molecule has 0 bridgehead atoms. The van der Waals surface area contributed by atoms with Crippen molar-refractivity contribution < 1.29 is 18.3 Å². The molecule has 0 N–H and O–H groups in total. The third-order valence-corrected chi connectivity index (χ3v) is 5.43. The molecule has 4 rings (SSSR count). The molecule has 10 heteroatoms. The lowest BCUT2D eigenvalue weighted by Gasteiger charge is -2.33. The Kier molecular flexibility index (Phi) is 5.08. The molecule has 3 heterocycles. The van der Waals surface area contributed by atoms with Gasteiger partial charge in [0.25, 0.3) is 5.78 Å². The van der Waals surface area contributed by atoms with Gasteiger partial charge in [0.1, 0.15) is 28.9 Å². The van der Waals surface area contributed by atoms with Crippen LogP contribution in [0, 0.1) is 17.6 Å². The van der Waals surface area contributed by atoms with E-state index < -0.39 is 17.6 Å². The van der Waals surface area contributed by atoms with Crippen LogP contribution in [0.25, 0.3) is 16.9 Å². The standard InChI is InChI=1S/C19H18ClF2N5O2/c1-10-3-5-26(6-4-10)17-15(16(20)25-19-23-9-24-27(17)19)14-12(21)7-11(8-13(14)22)18(28)29-2/h7-10H,3-6H2,1-2H3. The van der Waals surface area contributed by atoms with Crippen LogP contribution in [0.1, 0.15) is 30.1 Å². The van der Waals surface area contributed by atoms with Crippen LogP contribution in [0.4, 0.5) is 14.6 Å². The minimum Gasteiger partial charge on any atom is -0.465 e. The van der Waals surface area contributed by atoms with Gasteiger partial charge in [-0.1, -0.05) is 18.5 Å². The molecule has 2 aromatic heterocycles. The molecule has 0 spiro atoms. The van der Waals surface area contributed by atoms with Crippen molar-refractivity contribution in [2.45, 2.75) is 19.8 Å². The zero-order chi connectivity index (χ0) is 20.7. The number of rotatable bonds is 3. The van der Waals surface area contributed by atoms with Crippen LogP contribution >= 0.6 is 11.6 Å². The molecule has 7 nitrogen and oxygen atoms in total. The summed E-state index contributed by atoms with van der Waals surface area (Å²) in [6.07, 6.45) is 3.15. The van der Waals surface area contributed by atoms with Crippen LogP contribution in [0.15, 0.2) is 18.5 Å². The molecule has 3 aromatic rings. The molecule has 1 fully saturated rings. The van der Waals surface area contributed by atoms with Gasteiger partial charge >= 0.3 is 5.97 Å². The van der Waals surface area contributed by atoms with Crippen LogP contribution in [-0.4, -0.2) is 45.8 Å². The summed E-state index contributed by atoms with van der Waals surface area (Å²) >= 11 is 6.38. The number of carbonyl (C=O) groups excluding carboxylic acids is 1. The highest BCUT2D eigenvalue weighted by atomic mass is 35.5. The van der Waals surface area contributed by atoms with Gasteiger partial charge in [-0.15, -0.1) is 0 Å². The predicted molar refractivity (Wildman–Crippen MR) is 103 cm³/mol. The number of ether oxygens (including phenoxy) is 1. The molecule has 1 aromatic carbocycles. The molecule has 0 amide bonds. The first kappa shape index (κ1) is 19.5. The van der Waals surface area contributed by atoms with Crippen LogP contribution in [-0.2, 0) is 4.74 Å². The summed E-state index contributed by atoms with van der Waals surface area (Å²) in [5.74, 6) is -1.52. The van der Waals surface area contributed by atoms with Gasteiger partial charge < -0.3 is 9.64 Å². The second-order valence-electron chi connectivity index (χ2n) is 7.05. The van der Waals surface area contributed by atoms with Crippen molar-refractivity contribution in [2.75, 3.05) is 25.1 Å². The van der Waals surface area contributed by atoms with E-state index in [1.54, 1.807) is 0 Å². The number of halogens is 3. The molecule has 1 aliphatic rings. The van der Waals surface area contributed by atoms with Gasteiger partial charge in [-0.05, 0) is 30.9 Å². The van der Waals surface area contributed by atoms with Crippen molar-refractivity contribution in [1.29, 1.82) is 0 Å². The normalized spacial score (nSPS) is 15.1. The summed E-state index contributed by atoms with van der Waals surface area (Å²) in [4.78, 5) is 21.9. The van der Waals surface area contributed by atoms with E-state index in [1.165, 1.54) is 10.8 Å². The average Bonchev–Trinajstić information content (AvgIpc) is 3.15. The molecular formula is C19H18ClF2N5O2. The second kappa shape index (κ2) is 7.55. The summed E-state index contributed by atoms with van der Waals surface area (Å²) in [6.45, 7) is 3.51. The monoisotopic (exact) mass is 421 g/mol. The quantitative estimate of drug-likeness (QED) is 0.474. The molecule has 1 saturated heterocycles. The van der Waals surface area contributed by atoms with Crippen molar-refractivity contribution in [3.05, 3.63) is 40.8 Å². The average molecular weight is 422 g/mol. The van der Waals surface area contributed by atoms with Crippen molar-refractivity contribution in [1.82, 2.24) is 19.6 Å². The maximum Gasteiger partial charge on any atom is 0.338 e. The Morgan fingerprint density at radius 2 is 1.86 bits per heavy atom. The fourth-order valence-electron chi connectivity index (χ4n) is 3.58. The molecule has 29 heavy (non-hydrogen) atoms. The van der Waals surface area contributed by atoms with E-state index in [1.807, 2.05) is 4.90 Å². The van der Waals surface area contributed by atoms with E-state index in [4.69, 9.17) is 11.6 Å². The topological polar surface area (TPSA) is 72.6 Å². The summed E-state index contributed by atoms with van der Waals surface area (Å²) in [7, 11) is 1.14. The largest absolute Gasteiger partial charge is 0.465 e. The van der Waals surface area contributed by atoms with Crippen molar-refractivity contribution in [2.24, 2.45) is 5.92 Å². The van der Waals surface area contributed by atoms with E-state index in [2.05, 4.69) is 26.7 Å². The van der Waals surface area contributed by atoms with Crippen molar-refractivity contribution >= 4 is 29.2 Å². The maximum atomic E-state index is 15.0. The zero-order valence-electron chi connectivity index (χ0n) is 15.8. The van der Waals surface area contributed by atoms with E-state index >= 15 is 8.78 Å². The zero-order valence-corrected chi connectivity index (χ0v) is 16.6. The van der Waals surface area contributed by atoms with Crippen molar-refractivity contribution in [3.8, 4) is 11.1 Å². The number of nitrogens with zero attached hydrogens (tertiary/aromatic N) is 5. The van der Waals surface area contributed by atoms with E-state index in [0.29, 0.717) is 24.8 Å². The van der Waals surface area contributed by atoms with Gasteiger partial charge in [0, 0.05) is 13.1 Å². The number of hydrogen-bond acceptors (Lipinski definition) is 6.